The summed E-state index contributed by atoms with van der Waals surface area (Å²) in [7, 11) is 0. The lowest BCUT2D eigenvalue weighted by Crippen LogP contribution is -2.18. The summed E-state index contributed by atoms with van der Waals surface area (Å²) in [5, 5.41) is 18.7. The van der Waals surface area contributed by atoms with Gasteiger partial charge in [-0.3, -0.25) is 14.4 Å². The molecule has 1 rings (SSSR count). The minimum atomic E-state index is -0.809. The molecule has 0 aliphatic heterocycles. The molecule has 0 amide bonds. The maximum atomic E-state index is 12.1. The smallest absolute Gasteiger partial charge is 0.303 e. The summed E-state index contributed by atoms with van der Waals surface area (Å²) >= 11 is 0. The van der Waals surface area contributed by atoms with Gasteiger partial charge in [0, 0.05) is 31.1 Å². The van der Waals surface area contributed by atoms with E-state index in [0.29, 0.717) is 25.7 Å². The second-order valence-corrected chi connectivity index (χ2v) is 6.70. The number of aliphatic hydroxyl groups excluding tert-OH is 1. The van der Waals surface area contributed by atoms with Crippen LogP contribution in [0.15, 0.2) is 24.3 Å². The van der Waals surface area contributed by atoms with Crippen LogP contribution in [0.5, 0.6) is 0 Å². The van der Waals surface area contributed by atoms with Gasteiger partial charge in [-0.1, -0.05) is 38.0 Å². The van der Waals surface area contributed by atoms with Crippen molar-refractivity contribution in [1.29, 1.82) is 0 Å². The van der Waals surface area contributed by atoms with Gasteiger partial charge in [0.05, 0.1) is 6.10 Å². The summed E-state index contributed by atoms with van der Waals surface area (Å²) < 4.78 is 0. The van der Waals surface area contributed by atoms with E-state index >= 15 is 0 Å². The number of ketones is 2. The van der Waals surface area contributed by atoms with E-state index in [1.165, 1.54) is 6.08 Å². The first kappa shape index (κ1) is 21.3. The molecule has 1 aliphatic rings. The van der Waals surface area contributed by atoms with Gasteiger partial charge in [0.1, 0.15) is 5.78 Å². The molecule has 0 unspecified atom stereocenters. The molecular weight excluding hydrogens is 320 g/mol. The monoisotopic (exact) mass is 350 g/mol. The van der Waals surface area contributed by atoms with Crippen LogP contribution >= 0.6 is 0 Å². The van der Waals surface area contributed by atoms with Gasteiger partial charge in [-0.2, -0.15) is 0 Å². The molecule has 5 nitrogen and oxygen atoms in total. The van der Waals surface area contributed by atoms with Gasteiger partial charge >= 0.3 is 5.97 Å². The predicted octanol–water partition coefficient (Wildman–Crippen LogP) is 3.46. The van der Waals surface area contributed by atoms with E-state index in [4.69, 9.17) is 5.11 Å². The molecule has 5 heteroatoms. The molecule has 25 heavy (non-hydrogen) atoms. The summed E-state index contributed by atoms with van der Waals surface area (Å²) in [6.45, 7) is 2.08. The molecule has 3 atom stereocenters. The maximum Gasteiger partial charge on any atom is 0.303 e. The summed E-state index contributed by atoms with van der Waals surface area (Å²) in [6.07, 6.45) is 11.8. The number of carboxylic acid groups (broad SMARTS) is 1. The number of carboxylic acids is 1. The largest absolute Gasteiger partial charge is 0.481 e. The number of carbonyl (C=O) groups excluding carboxylic acids is 2. The summed E-state index contributed by atoms with van der Waals surface area (Å²) in [5.74, 6) is -1.35. The highest BCUT2D eigenvalue weighted by molar-refractivity contribution is 5.90. The lowest BCUT2D eigenvalue weighted by molar-refractivity contribution is -0.137. The summed E-state index contributed by atoms with van der Waals surface area (Å²) in [5.41, 5.74) is 0. The topological polar surface area (TPSA) is 91.7 Å². The Hall–Kier alpha value is -1.75. The van der Waals surface area contributed by atoms with Crippen molar-refractivity contribution in [2.24, 2.45) is 11.8 Å². The number of carbonyl (C=O) groups is 3. The van der Waals surface area contributed by atoms with Crippen LogP contribution in [0, 0.1) is 11.8 Å². The van der Waals surface area contributed by atoms with Crippen LogP contribution < -0.4 is 0 Å². The van der Waals surface area contributed by atoms with Crippen LogP contribution in [-0.4, -0.2) is 33.9 Å². The molecule has 2 N–H and O–H groups in total. The normalized spacial score (nSPS) is 23.8. The molecule has 0 saturated heterocycles. The molecule has 1 fully saturated rings. The van der Waals surface area contributed by atoms with Crippen molar-refractivity contribution in [2.75, 3.05) is 0 Å². The number of unbranched alkanes of at least 4 members (excludes halogenated alkanes) is 3. The van der Waals surface area contributed by atoms with Crippen molar-refractivity contribution in [3.63, 3.8) is 0 Å². The van der Waals surface area contributed by atoms with E-state index in [2.05, 4.69) is 6.92 Å². The Kier molecular flexibility index (Phi) is 10.0. The molecule has 1 saturated carbocycles. The fourth-order valence-electron chi connectivity index (χ4n) is 3.11. The number of rotatable bonds is 12. The third-order valence-corrected chi connectivity index (χ3v) is 4.58. The van der Waals surface area contributed by atoms with Crippen LogP contribution in [0.3, 0.4) is 0 Å². The highest BCUT2D eigenvalue weighted by atomic mass is 16.4. The number of aliphatic carboxylic acids is 1. The van der Waals surface area contributed by atoms with E-state index in [-0.39, 0.29) is 36.2 Å². The van der Waals surface area contributed by atoms with Crippen molar-refractivity contribution >= 4 is 17.5 Å². The van der Waals surface area contributed by atoms with E-state index in [9.17, 15) is 19.5 Å². The zero-order valence-electron chi connectivity index (χ0n) is 15.0. The average Bonchev–Trinajstić information content (AvgIpc) is 2.82. The van der Waals surface area contributed by atoms with Crippen LogP contribution in [0.25, 0.3) is 0 Å². The van der Waals surface area contributed by atoms with Crippen molar-refractivity contribution in [2.45, 2.75) is 70.8 Å². The zero-order valence-corrected chi connectivity index (χ0v) is 15.0. The lowest BCUT2D eigenvalue weighted by atomic mass is 9.90. The molecule has 0 radical (unpaired) electrons. The molecule has 0 bridgehead atoms. The van der Waals surface area contributed by atoms with Crippen molar-refractivity contribution in [3.8, 4) is 0 Å². The van der Waals surface area contributed by atoms with Crippen LogP contribution in [0.1, 0.15) is 64.7 Å². The van der Waals surface area contributed by atoms with Gasteiger partial charge < -0.3 is 10.2 Å². The number of aliphatic hydroxyl groups is 1. The Morgan fingerprint density at radius 2 is 1.92 bits per heavy atom. The van der Waals surface area contributed by atoms with Crippen LogP contribution in [0.2, 0.25) is 0 Å². The van der Waals surface area contributed by atoms with Crippen molar-refractivity contribution in [3.05, 3.63) is 24.3 Å². The van der Waals surface area contributed by atoms with E-state index in [1.807, 2.05) is 12.2 Å². The van der Waals surface area contributed by atoms with Crippen LogP contribution in [-0.2, 0) is 14.4 Å². The van der Waals surface area contributed by atoms with Gasteiger partial charge in [0.2, 0.25) is 0 Å². The third-order valence-electron chi connectivity index (χ3n) is 4.58. The quantitative estimate of drug-likeness (QED) is 0.319. The second kappa shape index (κ2) is 11.7. The zero-order chi connectivity index (χ0) is 18.7. The lowest BCUT2D eigenvalue weighted by Gasteiger charge is -2.15. The number of Topliss-reactive ketones (excluding diaryl/α,β-unsaturated/α-hetero) is 1. The highest BCUT2D eigenvalue weighted by Gasteiger charge is 2.39. The molecule has 140 valence electrons. The second-order valence-electron chi connectivity index (χ2n) is 6.70. The van der Waals surface area contributed by atoms with Gasteiger partial charge in [-0.25, -0.2) is 0 Å². The Balaban J connectivity index is 2.49. The van der Waals surface area contributed by atoms with Gasteiger partial charge in [0.15, 0.2) is 5.78 Å². The minimum Gasteiger partial charge on any atom is -0.481 e. The molecule has 0 aromatic rings. The Labute approximate surface area is 149 Å². The van der Waals surface area contributed by atoms with Gasteiger partial charge in [-0.05, 0) is 31.8 Å². The van der Waals surface area contributed by atoms with Crippen LogP contribution in [0.4, 0.5) is 0 Å². The fraction of sp³-hybridized carbons (Fsp3) is 0.650. The Bertz CT molecular complexity index is 506. The van der Waals surface area contributed by atoms with Gasteiger partial charge in [-0.15, -0.1) is 0 Å². The van der Waals surface area contributed by atoms with E-state index in [0.717, 1.165) is 19.3 Å². The first-order valence-corrected chi connectivity index (χ1v) is 9.24. The third kappa shape index (κ3) is 8.25. The molecular formula is C20H30O5. The first-order chi connectivity index (χ1) is 12.0. The molecule has 0 aromatic heterocycles. The summed E-state index contributed by atoms with van der Waals surface area (Å²) in [6, 6.07) is 0. The average molecular weight is 350 g/mol. The highest BCUT2D eigenvalue weighted by Crippen LogP contribution is 2.33. The predicted molar refractivity (Wildman–Crippen MR) is 96.1 cm³/mol. The SMILES string of the molecule is CCCCCC(=O)/C=C/[C@@H]1[C@H](O)CC(=O)[C@H]1C/C=C/CCCC(=O)O. The summed E-state index contributed by atoms with van der Waals surface area (Å²) in [4.78, 5) is 34.4. The van der Waals surface area contributed by atoms with E-state index in [1.54, 1.807) is 6.08 Å². The standard InChI is InChI=1S/C20H30O5/c1-2-3-6-9-15(21)12-13-17-16(18(22)14-19(17)23)10-7-4-5-8-11-20(24)25/h4,7,12-13,16-17,19,23H,2-3,5-6,8-11,14H2,1H3,(H,24,25)/b7-4+,13-12+/t16-,17-,19+/m0/s1. The Morgan fingerprint density at radius 3 is 2.60 bits per heavy atom. The number of allylic oxidation sites excluding steroid dienone is 3. The van der Waals surface area contributed by atoms with Gasteiger partial charge in [0.25, 0.3) is 0 Å². The van der Waals surface area contributed by atoms with E-state index < -0.39 is 12.1 Å². The fourth-order valence-corrected chi connectivity index (χ4v) is 3.11. The number of hydrogen-bond donors (Lipinski definition) is 2. The molecule has 0 heterocycles. The van der Waals surface area contributed by atoms with Crippen molar-refractivity contribution in [1.82, 2.24) is 0 Å². The molecule has 0 spiro atoms. The maximum absolute atomic E-state index is 12.1. The first-order valence-electron chi connectivity index (χ1n) is 9.24. The molecule has 1 aliphatic carbocycles. The van der Waals surface area contributed by atoms with Crippen molar-refractivity contribution < 1.29 is 24.6 Å². The minimum absolute atomic E-state index is 0.0239. The number of hydrogen-bond acceptors (Lipinski definition) is 4. The Morgan fingerprint density at radius 1 is 1.16 bits per heavy atom. The molecule has 0 aromatic carbocycles.